The molecule has 0 saturated carbocycles. The predicted octanol–water partition coefficient (Wildman–Crippen LogP) is 5.11. The van der Waals surface area contributed by atoms with Crippen LogP contribution in [0.5, 0.6) is 0 Å². The molecule has 0 aliphatic heterocycles. The van der Waals surface area contributed by atoms with Gasteiger partial charge in [-0.25, -0.2) is 8.42 Å². The standard InChI is InChI=1S/C20H14ClF3N4O2S/c21-18-6-5-14(9-17(18)19-16-4-2-1-3-13(16)7-8-25-19)27-31(29,30)15-10-26-28(11-15)12-20(22,23)24/h1-11,27H,12H2. The van der Waals surface area contributed by atoms with Crippen molar-refractivity contribution in [1.29, 1.82) is 0 Å². The first-order chi connectivity index (χ1) is 14.6. The molecule has 0 spiro atoms. The predicted molar refractivity (Wildman–Crippen MR) is 111 cm³/mol. The molecule has 0 atom stereocenters. The molecule has 0 aliphatic rings. The lowest BCUT2D eigenvalue weighted by Gasteiger charge is -2.11. The van der Waals surface area contributed by atoms with E-state index in [1.54, 1.807) is 6.20 Å². The maximum Gasteiger partial charge on any atom is 0.408 e. The number of pyridine rings is 1. The largest absolute Gasteiger partial charge is 0.408 e. The highest BCUT2D eigenvalue weighted by molar-refractivity contribution is 7.92. The number of hydrogen-bond acceptors (Lipinski definition) is 4. The van der Waals surface area contributed by atoms with Crippen molar-refractivity contribution in [3.63, 3.8) is 0 Å². The summed E-state index contributed by atoms with van der Waals surface area (Å²) in [6, 6.07) is 13.9. The maximum atomic E-state index is 12.6. The summed E-state index contributed by atoms with van der Waals surface area (Å²) in [5.74, 6) is 0. The van der Waals surface area contributed by atoms with Gasteiger partial charge in [0, 0.05) is 29.0 Å². The van der Waals surface area contributed by atoms with Crippen molar-refractivity contribution in [2.75, 3.05) is 4.72 Å². The van der Waals surface area contributed by atoms with Crippen LogP contribution in [0.2, 0.25) is 5.02 Å². The average Bonchev–Trinajstić information content (AvgIpc) is 3.17. The number of benzene rings is 2. The second-order valence-electron chi connectivity index (χ2n) is 6.67. The zero-order valence-electron chi connectivity index (χ0n) is 15.6. The van der Waals surface area contributed by atoms with Gasteiger partial charge in [-0.05, 0) is 29.7 Å². The number of nitrogens with one attached hydrogen (secondary N) is 1. The van der Waals surface area contributed by atoms with Crippen molar-refractivity contribution in [3.8, 4) is 11.3 Å². The molecule has 4 aromatic rings. The molecular formula is C20H14ClF3N4O2S. The molecule has 11 heteroatoms. The number of alkyl halides is 3. The normalized spacial score (nSPS) is 12.3. The van der Waals surface area contributed by atoms with Crippen LogP contribution in [0, 0.1) is 0 Å². The zero-order chi connectivity index (χ0) is 22.2. The summed E-state index contributed by atoms with van der Waals surface area (Å²) in [6.07, 6.45) is -1.22. The Kier molecular flexibility index (Phi) is 5.36. The number of aromatic nitrogens is 3. The summed E-state index contributed by atoms with van der Waals surface area (Å²) in [7, 11) is -4.17. The van der Waals surface area contributed by atoms with Crippen molar-refractivity contribution in [1.82, 2.24) is 14.8 Å². The molecule has 0 unspecified atom stereocenters. The molecule has 2 heterocycles. The van der Waals surface area contributed by atoms with Crippen LogP contribution in [0.15, 0.2) is 72.0 Å². The van der Waals surface area contributed by atoms with Gasteiger partial charge in [-0.3, -0.25) is 14.4 Å². The molecule has 1 N–H and O–H groups in total. The van der Waals surface area contributed by atoms with Gasteiger partial charge in [0.2, 0.25) is 0 Å². The van der Waals surface area contributed by atoms with Crippen molar-refractivity contribution in [3.05, 3.63) is 72.1 Å². The average molecular weight is 467 g/mol. The van der Waals surface area contributed by atoms with E-state index in [0.29, 0.717) is 21.0 Å². The van der Waals surface area contributed by atoms with Crippen molar-refractivity contribution >= 4 is 38.1 Å². The lowest BCUT2D eigenvalue weighted by molar-refractivity contribution is -0.142. The number of rotatable bonds is 5. The fraction of sp³-hybridized carbons (Fsp3) is 0.100. The summed E-state index contributed by atoms with van der Waals surface area (Å²) in [5, 5.41) is 5.61. The fourth-order valence-corrected chi connectivity index (χ4v) is 4.28. The van der Waals surface area contributed by atoms with Crippen LogP contribution in [0.3, 0.4) is 0 Å². The Labute approximate surface area is 180 Å². The third-order valence-corrected chi connectivity index (χ3v) is 6.07. The van der Waals surface area contributed by atoms with E-state index in [-0.39, 0.29) is 5.69 Å². The van der Waals surface area contributed by atoms with E-state index in [0.717, 1.165) is 23.2 Å². The van der Waals surface area contributed by atoms with Crippen molar-refractivity contribution in [2.24, 2.45) is 0 Å². The highest BCUT2D eigenvalue weighted by Gasteiger charge is 2.29. The SMILES string of the molecule is O=S(=O)(Nc1ccc(Cl)c(-c2nccc3ccccc23)c1)c1cnn(CC(F)(F)F)c1. The van der Waals surface area contributed by atoms with E-state index in [2.05, 4.69) is 14.8 Å². The van der Waals surface area contributed by atoms with Crippen LogP contribution in [0.25, 0.3) is 22.0 Å². The van der Waals surface area contributed by atoms with Crippen LogP contribution in [0.4, 0.5) is 18.9 Å². The number of sulfonamides is 1. The molecule has 2 aromatic carbocycles. The highest BCUT2D eigenvalue weighted by atomic mass is 35.5. The molecule has 4 rings (SSSR count). The Balaban J connectivity index is 1.67. The van der Waals surface area contributed by atoms with Gasteiger partial charge in [0.05, 0.1) is 16.9 Å². The summed E-state index contributed by atoms with van der Waals surface area (Å²) in [5.41, 5.74) is 1.26. The maximum absolute atomic E-state index is 12.6. The molecule has 0 saturated heterocycles. The van der Waals surface area contributed by atoms with Gasteiger partial charge < -0.3 is 0 Å². The molecule has 2 aromatic heterocycles. The molecule has 31 heavy (non-hydrogen) atoms. The highest BCUT2D eigenvalue weighted by Crippen LogP contribution is 2.34. The number of fused-ring (bicyclic) bond motifs is 1. The lowest BCUT2D eigenvalue weighted by atomic mass is 10.0. The van der Waals surface area contributed by atoms with Gasteiger partial charge in [0.25, 0.3) is 10.0 Å². The van der Waals surface area contributed by atoms with Crippen LogP contribution in [-0.4, -0.2) is 29.4 Å². The second-order valence-corrected chi connectivity index (χ2v) is 8.76. The van der Waals surface area contributed by atoms with Crippen molar-refractivity contribution < 1.29 is 21.6 Å². The lowest BCUT2D eigenvalue weighted by Crippen LogP contribution is -2.18. The minimum absolute atomic E-state index is 0.178. The number of halogens is 4. The Morgan fingerprint density at radius 2 is 1.87 bits per heavy atom. The molecule has 160 valence electrons. The summed E-state index contributed by atoms with van der Waals surface area (Å²) in [6.45, 7) is -1.39. The molecule has 0 amide bonds. The van der Waals surface area contributed by atoms with Gasteiger partial charge in [-0.1, -0.05) is 35.9 Å². The number of nitrogens with zero attached hydrogens (tertiary/aromatic N) is 3. The fourth-order valence-electron chi connectivity index (χ4n) is 3.07. The van der Waals surface area contributed by atoms with Gasteiger partial charge in [-0.2, -0.15) is 18.3 Å². The van der Waals surface area contributed by atoms with Crippen LogP contribution < -0.4 is 4.72 Å². The minimum atomic E-state index is -4.52. The van der Waals surface area contributed by atoms with E-state index in [4.69, 9.17) is 11.6 Å². The monoisotopic (exact) mass is 466 g/mol. The third kappa shape index (κ3) is 4.64. The van der Waals surface area contributed by atoms with Crippen molar-refractivity contribution in [2.45, 2.75) is 17.6 Å². The Hall–Kier alpha value is -3.11. The quantitative estimate of drug-likeness (QED) is 0.443. The van der Waals surface area contributed by atoms with E-state index >= 15 is 0 Å². The summed E-state index contributed by atoms with van der Waals surface area (Å²) in [4.78, 5) is 4.00. The number of anilines is 1. The van der Waals surface area contributed by atoms with E-state index < -0.39 is 27.6 Å². The minimum Gasteiger partial charge on any atom is -0.280 e. The van der Waals surface area contributed by atoms with Gasteiger partial charge >= 0.3 is 6.18 Å². The first kappa shape index (κ1) is 21.1. The molecular weight excluding hydrogens is 453 g/mol. The third-order valence-electron chi connectivity index (χ3n) is 4.41. The topological polar surface area (TPSA) is 76.9 Å². The molecule has 0 fully saturated rings. The zero-order valence-corrected chi connectivity index (χ0v) is 17.2. The van der Waals surface area contributed by atoms with Crippen LogP contribution in [-0.2, 0) is 16.6 Å². The molecule has 0 bridgehead atoms. The van der Waals surface area contributed by atoms with E-state index in [1.807, 2.05) is 30.3 Å². The molecule has 0 radical (unpaired) electrons. The van der Waals surface area contributed by atoms with E-state index in [9.17, 15) is 21.6 Å². The summed E-state index contributed by atoms with van der Waals surface area (Å²) < 4.78 is 65.6. The number of hydrogen-bond donors (Lipinski definition) is 1. The smallest absolute Gasteiger partial charge is 0.280 e. The van der Waals surface area contributed by atoms with Gasteiger partial charge in [0.15, 0.2) is 0 Å². The van der Waals surface area contributed by atoms with Crippen LogP contribution >= 0.6 is 11.6 Å². The Bertz CT molecular complexity index is 1370. The van der Waals surface area contributed by atoms with Gasteiger partial charge in [-0.15, -0.1) is 0 Å². The first-order valence-corrected chi connectivity index (χ1v) is 10.7. The second kappa shape index (κ2) is 7.86. The molecule has 0 aliphatic carbocycles. The Morgan fingerprint density at radius 1 is 1.10 bits per heavy atom. The van der Waals surface area contributed by atoms with E-state index in [1.165, 1.54) is 18.2 Å². The van der Waals surface area contributed by atoms with Gasteiger partial charge in [0.1, 0.15) is 11.4 Å². The van der Waals surface area contributed by atoms with Crippen LogP contribution in [0.1, 0.15) is 0 Å². The first-order valence-electron chi connectivity index (χ1n) is 8.88. The molecule has 6 nitrogen and oxygen atoms in total. The Morgan fingerprint density at radius 3 is 2.65 bits per heavy atom. The summed E-state index contributed by atoms with van der Waals surface area (Å²) >= 11 is 6.35.